The maximum absolute atomic E-state index is 6.31. The first-order valence-corrected chi connectivity index (χ1v) is 6.86. The molecule has 106 valence electrons. The van der Waals surface area contributed by atoms with Gasteiger partial charge in [-0.05, 0) is 59.7 Å². The van der Waals surface area contributed by atoms with Gasteiger partial charge in [0.2, 0.25) is 0 Å². The molecule has 0 radical (unpaired) electrons. The summed E-state index contributed by atoms with van der Waals surface area (Å²) < 4.78 is 1.66. The zero-order valence-corrected chi connectivity index (χ0v) is 12.5. The highest BCUT2D eigenvalue weighted by molar-refractivity contribution is 6.32. The molecule has 0 bridgehead atoms. The number of hydrogen-bond donors (Lipinski definition) is 1. The van der Waals surface area contributed by atoms with Crippen LogP contribution in [0, 0.1) is 13.8 Å². The number of para-hydroxylation sites is 1. The summed E-state index contributed by atoms with van der Waals surface area (Å²) in [6.07, 6.45) is 0. The third-order valence-electron chi connectivity index (χ3n) is 3.36. The first kappa shape index (κ1) is 13.6. The van der Waals surface area contributed by atoms with Crippen LogP contribution in [0.5, 0.6) is 0 Å². The lowest BCUT2D eigenvalue weighted by Gasteiger charge is -2.11. The number of tetrazole rings is 1. The van der Waals surface area contributed by atoms with Crippen molar-refractivity contribution in [1.82, 2.24) is 20.2 Å². The highest BCUT2D eigenvalue weighted by Crippen LogP contribution is 2.29. The Balaban J connectivity index is 2.22. The van der Waals surface area contributed by atoms with Crippen LogP contribution >= 0.6 is 11.6 Å². The summed E-state index contributed by atoms with van der Waals surface area (Å²) in [5, 5.41) is 12.6. The second-order valence-electron chi connectivity index (χ2n) is 4.89. The van der Waals surface area contributed by atoms with Crippen molar-refractivity contribution in [3.8, 4) is 17.1 Å². The van der Waals surface area contributed by atoms with Crippen LogP contribution in [0.3, 0.4) is 0 Å². The van der Waals surface area contributed by atoms with Crippen molar-refractivity contribution < 1.29 is 0 Å². The Morgan fingerprint density at radius 2 is 1.90 bits per heavy atom. The number of halogens is 1. The van der Waals surface area contributed by atoms with Gasteiger partial charge in [-0.25, -0.2) is 0 Å². The van der Waals surface area contributed by atoms with E-state index in [-0.39, 0.29) is 0 Å². The second kappa shape index (κ2) is 5.18. The van der Waals surface area contributed by atoms with Crippen LogP contribution in [0.2, 0.25) is 5.02 Å². The van der Waals surface area contributed by atoms with E-state index in [1.54, 1.807) is 4.68 Å². The molecule has 6 heteroatoms. The third kappa shape index (κ3) is 2.36. The van der Waals surface area contributed by atoms with Gasteiger partial charge in [0.1, 0.15) is 0 Å². The molecule has 0 unspecified atom stereocenters. The van der Waals surface area contributed by atoms with Gasteiger partial charge in [-0.1, -0.05) is 23.7 Å². The maximum Gasteiger partial charge on any atom is 0.187 e. The molecule has 0 spiro atoms. The minimum Gasteiger partial charge on any atom is -0.399 e. The van der Waals surface area contributed by atoms with Gasteiger partial charge in [0, 0.05) is 11.3 Å². The van der Waals surface area contributed by atoms with E-state index >= 15 is 0 Å². The van der Waals surface area contributed by atoms with Crippen LogP contribution in [-0.4, -0.2) is 20.2 Å². The topological polar surface area (TPSA) is 69.6 Å². The molecule has 3 aromatic rings. The SMILES string of the molecule is Cc1cc(N)ccc1-c1nnnn1-c1c(C)cccc1Cl. The molecule has 0 saturated heterocycles. The van der Waals surface area contributed by atoms with E-state index in [1.807, 2.05) is 50.2 Å². The van der Waals surface area contributed by atoms with E-state index in [9.17, 15) is 0 Å². The zero-order valence-electron chi connectivity index (χ0n) is 11.7. The molecule has 0 aliphatic carbocycles. The monoisotopic (exact) mass is 299 g/mol. The molecule has 2 N–H and O–H groups in total. The van der Waals surface area contributed by atoms with E-state index in [0.29, 0.717) is 16.5 Å². The minimum atomic E-state index is 0.608. The molecule has 0 amide bonds. The Kier molecular flexibility index (Phi) is 3.35. The summed E-state index contributed by atoms with van der Waals surface area (Å²) in [7, 11) is 0. The molecule has 21 heavy (non-hydrogen) atoms. The molecule has 3 rings (SSSR count). The van der Waals surface area contributed by atoms with Crippen LogP contribution in [-0.2, 0) is 0 Å². The van der Waals surface area contributed by atoms with Crippen LogP contribution < -0.4 is 5.73 Å². The minimum absolute atomic E-state index is 0.608. The standard InChI is InChI=1S/C15H14ClN5/c1-9-4-3-5-13(16)14(9)21-15(18-19-20-21)12-7-6-11(17)8-10(12)2/h3-8H,17H2,1-2H3. The number of nitrogens with two attached hydrogens (primary N) is 1. The van der Waals surface area contributed by atoms with Gasteiger partial charge < -0.3 is 5.73 Å². The van der Waals surface area contributed by atoms with Crippen molar-refractivity contribution in [2.24, 2.45) is 0 Å². The molecule has 0 atom stereocenters. The average molecular weight is 300 g/mol. The predicted octanol–water partition coefficient (Wildman–Crippen LogP) is 3.18. The first-order chi connectivity index (χ1) is 10.1. The fraction of sp³-hybridized carbons (Fsp3) is 0.133. The first-order valence-electron chi connectivity index (χ1n) is 6.48. The molecule has 5 nitrogen and oxygen atoms in total. The van der Waals surface area contributed by atoms with Gasteiger partial charge in [-0.3, -0.25) is 0 Å². The fourth-order valence-electron chi connectivity index (χ4n) is 2.33. The van der Waals surface area contributed by atoms with Crippen LogP contribution in [0.4, 0.5) is 5.69 Å². The summed E-state index contributed by atoms with van der Waals surface area (Å²) in [5.41, 5.74) is 10.2. The molecular formula is C15H14ClN5. The Hall–Kier alpha value is -2.40. The van der Waals surface area contributed by atoms with E-state index < -0.39 is 0 Å². The molecule has 2 aromatic carbocycles. The Labute approximate surface area is 127 Å². The van der Waals surface area contributed by atoms with Crippen LogP contribution in [0.25, 0.3) is 17.1 Å². The maximum atomic E-state index is 6.31. The molecule has 0 saturated carbocycles. The Morgan fingerprint density at radius 3 is 2.62 bits per heavy atom. The summed E-state index contributed by atoms with van der Waals surface area (Å²) in [4.78, 5) is 0. The average Bonchev–Trinajstić information content (AvgIpc) is 2.87. The molecular weight excluding hydrogens is 286 g/mol. The Morgan fingerprint density at radius 1 is 1.10 bits per heavy atom. The van der Waals surface area contributed by atoms with E-state index in [4.69, 9.17) is 17.3 Å². The largest absolute Gasteiger partial charge is 0.399 e. The highest BCUT2D eigenvalue weighted by Gasteiger charge is 2.16. The van der Waals surface area contributed by atoms with Crippen molar-refractivity contribution in [2.45, 2.75) is 13.8 Å². The number of rotatable bonds is 2. The van der Waals surface area contributed by atoms with Gasteiger partial charge in [-0.2, -0.15) is 4.68 Å². The zero-order chi connectivity index (χ0) is 15.0. The number of nitrogens with zero attached hydrogens (tertiary/aromatic N) is 4. The summed E-state index contributed by atoms with van der Waals surface area (Å²) in [6.45, 7) is 3.95. The van der Waals surface area contributed by atoms with E-state index in [1.165, 1.54) is 0 Å². The van der Waals surface area contributed by atoms with Crippen molar-refractivity contribution in [3.63, 3.8) is 0 Å². The number of benzene rings is 2. The molecule has 0 aliphatic heterocycles. The molecule has 0 fully saturated rings. The predicted molar refractivity (Wildman–Crippen MR) is 83.5 cm³/mol. The molecule has 1 heterocycles. The quantitative estimate of drug-likeness (QED) is 0.738. The summed E-state index contributed by atoms with van der Waals surface area (Å²) in [6, 6.07) is 11.3. The van der Waals surface area contributed by atoms with Gasteiger partial charge in [0.05, 0.1) is 10.7 Å². The molecule has 1 aromatic heterocycles. The van der Waals surface area contributed by atoms with Crippen molar-refractivity contribution in [3.05, 3.63) is 52.5 Å². The third-order valence-corrected chi connectivity index (χ3v) is 3.67. The summed E-state index contributed by atoms with van der Waals surface area (Å²) >= 11 is 6.31. The van der Waals surface area contributed by atoms with Crippen molar-refractivity contribution in [1.29, 1.82) is 0 Å². The number of aromatic nitrogens is 4. The lowest BCUT2D eigenvalue weighted by molar-refractivity contribution is 0.787. The van der Waals surface area contributed by atoms with Gasteiger partial charge in [-0.15, -0.1) is 5.10 Å². The lowest BCUT2D eigenvalue weighted by atomic mass is 10.1. The molecule has 0 aliphatic rings. The van der Waals surface area contributed by atoms with E-state index in [2.05, 4.69) is 15.5 Å². The van der Waals surface area contributed by atoms with Gasteiger partial charge in [0.15, 0.2) is 5.82 Å². The number of hydrogen-bond acceptors (Lipinski definition) is 4. The number of nitrogen functional groups attached to an aromatic ring is 1. The van der Waals surface area contributed by atoms with E-state index in [0.717, 1.165) is 22.4 Å². The number of anilines is 1. The van der Waals surface area contributed by atoms with Crippen molar-refractivity contribution in [2.75, 3.05) is 5.73 Å². The van der Waals surface area contributed by atoms with Gasteiger partial charge >= 0.3 is 0 Å². The lowest BCUT2D eigenvalue weighted by Crippen LogP contribution is -2.04. The van der Waals surface area contributed by atoms with Crippen molar-refractivity contribution >= 4 is 17.3 Å². The Bertz CT molecular complexity index is 789. The van der Waals surface area contributed by atoms with Gasteiger partial charge in [0.25, 0.3) is 0 Å². The number of aryl methyl sites for hydroxylation is 2. The van der Waals surface area contributed by atoms with Crippen LogP contribution in [0.15, 0.2) is 36.4 Å². The highest BCUT2D eigenvalue weighted by atomic mass is 35.5. The normalized spacial score (nSPS) is 10.8. The fourth-order valence-corrected chi connectivity index (χ4v) is 2.64. The second-order valence-corrected chi connectivity index (χ2v) is 5.30. The summed E-state index contributed by atoms with van der Waals surface area (Å²) in [5.74, 6) is 0.642. The van der Waals surface area contributed by atoms with Crippen LogP contribution in [0.1, 0.15) is 11.1 Å². The smallest absolute Gasteiger partial charge is 0.187 e.